The predicted molar refractivity (Wildman–Crippen MR) is 73.2 cm³/mol. The van der Waals surface area contributed by atoms with Gasteiger partial charge in [0.25, 0.3) is 0 Å². The number of nitrogens with zero attached hydrogens (tertiary/aromatic N) is 2. The highest BCUT2D eigenvalue weighted by Gasteiger charge is 2.03. The Morgan fingerprint density at radius 2 is 1.65 bits per heavy atom. The SMILES string of the molecule is COc1ccc(Cc2nc(Br)cc(Br)n2)cc1. The van der Waals surface area contributed by atoms with E-state index in [4.69, 9.17) is 4.74 Å². The molecule has 2 aromatic rings. The van der Waals surface area contributed by atoms with Crippen LogP contribution in [0.15, 0.2) is 39.5 Å². The van der Waals surface area contributed by atoms with Gasteiger partial charge in [0.15, 0.2) is 0 Å². The van der Waals surface area contributed by atoms with Crippen molar-refractivity contribution in [2.45, 2.75) is 6.42 Å². The van der Waals surface area contributed by atoms with Gasteiger partial charge in [-0.25, -0.2) is 9.97 Å². The van der Waals surface area contributed by atoms with Crippen LogP contribution in [0.1, 0.15) is 11.4 Å². The van der Waals surface area contributed by atoms with Gasteiger partial charge in [-0.15, -0.1) is 0 Å². The molecule has 17 heavy (non-hydrogen) atoms. The summed E-state index contributed by atoms with van der Waals surface area (Å²) in [4.78, 5) is 8.63. The van der Waals surface area contributed by atoms with Gasteiger partial charge in [-0.1, -0.05) is 12.1 Å². The molecule has 0 saturated heterocycles. The maximum atomic E-state index is 5.11. The Balaban J connectivity index is 2.19. The Labute approximate surface area is 117 Å². The summed E-state index contributed by atoms with van der Waals surface area (Å²) < 4.78 is 6.67. The molecule has 0 radical (unpaired) electrons. The number of hydrogen-bond acceptors (Lipinski definition) is 3. The Hall–Kier alpha value is -0.940. The van der Waals surface area contributed by atoms with Gasteiger partial charge in [0.1, 0.15) is 20.8 Å². The average Bonchev–Trinajstić information content (AvgIpc) is 2.28. The average molecular weight is 358 g/mol. The molecule has 0 aliphatic rings. The number of rotatable bonds is 3. The zero-order chi connectivity index (χ0) is 12.3. The summed E-state index contributed by atoms with van der Waals surface area (Å²) >= 11 is 6.70. The maximum absolute atomic E-state index is 5.11. The third kappa shape index (κ3) is 3.51. The molecule has 0 saturated carbocycles. The standard InChI is InChI=1S/C12H10Br2N2O/c1-17-9-4-2-8(3-5-9)6-12-15-10(13)7-11(14)16-12/h2-5,7H,6H2,1H3. The summed E-state index contributed by atoms with van der Waals surface area (Å²) in [6.07, 6.45) is 0.696. The van der Waals surface area contributed by atoms with E-state index in [1.807, 2.05) is 30.3 Å². The van der Waals surface area contributed by atoms with Crippen molar-refractivity contribution in [3.63, 3.8) is 0 Å². The second-order valence-corrected chi connectivity index (χ2v) is 5.08. The van der Waals surface area contributed by atoms with E-state index in [1.54, 1.807) is 7.11 Å². The Morgan fingerprint density at radius 3 is 2.18 bits per heavy atom. The van der Waals surface area contributed by atoms with E-state index in [-0.39, 0.29) is 0 Å². The molecule has 0 amide bonds. The zero-order valence-electron chi connectivity index (χ0n) is 9.15. The van der Waals surface area contributed by atoms with Gasteiger partial charge in [0, 0.05) is 12.5 Å². The van der Waals surface area contributed by atoms with E-state index in [0.29, 0.717) is 6.42 Å². The van der Waals surface area contributed by atoms with Crippen LogP contribution >= 0.6 is 31.9 Å². The van der Waals surface area contributed by atoms with E-state index in [1.165, 1.54) is 0 Å². The van der Waals surface area contributed by atoms with Crippen LogP contribution in [-0.2, 0) is 6.42 Å². The fourth-order valence-electron chi connectivity index (χ4n) is 1.44. The van der Waals surface area contributed by atoms with Crippen LogP contribution in [0.25, 0.3) is 0 Å². The summed E-state index contributed by atoms with van der Waals surface area (Å²) in [6, 6.07) is 9.70. The quantitative estimate of drug-likeness (QED) is 0.787. The highest BCUT2D eigenvalue weighted by atomic mass is 79.9. The first kappa shape index (κ1) is 12.5. The first-order valence-corrected chi connectivity index (χ1v) is 6.58. The number of halogens is 2. The molecule has 0 N–H and O–H groups in total. The summed E-state index contributed by atoms with van der Waals surface area (Å²) in [5.41, 5.74) is 1.15. The summed E-state index contributed by atoms with van der Waals surface area (Å²) in [6.45, 7) is 0. The molecule has 1 aromatic heterocycles. The van der Waals surface area contributed by atoms with E-state index < -0.39 is 0 Å². The molecule has 0 bridgehead atoms. The molecule has 3 nitrogen and oxygen atoms in total. The maximum Gasteiger partial charge on any atom is 0.135 e. The van der Waals surface area contributed by atoms with Crippen LogP contribution in [0.4, 0.5) is 0 Å². The third-order valence-electron chi connectivity index (χ3n) is 2.23. The lowest BCUT2D eigenvalue weighted by atomic mass is 10.1. The minimum Gasteiger partial charge on any atom is -0.497 e. The van der Waals surface area contributed by atoms with E-state index >= 15 is 0 Å². The summed E-state index contributed by atoms with van der Waals surface area (Å²) in [5, 5.41) is 0. The third-order valence-corrected chi connectivity index (χ3v) is 3.04. The molecule has 2 rings (SSSR count). The highest BCUT2D eigenvalue weighted by molar-refractivity contribution is 9.11. The first-order valence-electron chi connectivity index (χ1n) is 4.99. The summed E-state index contributed by atoms with van der Waals surface area (Å²) in [7, 11) is 1.66. The van der Waals surface area contributed by atoms with E-state index in [0.717, 1.165) is 26.3 Å². The molecule has 1 heterocycles. The van der Waals surface area contributed by atoms with Gasteiger partial charge in [-0.3, -0.25) is 0 Å². The monoisotopic (exact) mass is 356 g/mol. The van der Waals surface area contributed by atoms with Crippen molar-refractivity contribution in [1.29, 1.82) is 0 Å². The number of ether oxygens (including phenoxy) is 1. The predicted octanol–water partition coefficient (Wildman–Crippen LogP) is 3.60. The highest BCUT2D eigenvalue weighted by Crippen LogP contribution is 2.17. The minimum atomic E-state index is 0.696. The number of methoxy groups -OCH3 is 1. The smallest absolute Gasteiger partial charge is 0.135 e. The summed E-state index contributed by atoms with van der Waals surface area (Å²) in [5.74, 6) is 1.63. The molecule has 88 valence electrons. The number of hydrogen-bond donors (Lipinski definition) is 0. The number of benzene rings is 1. The normalized spacial score (nSPS) is 10.3. The van der Waals surface area contributed by atoms with Gasteiger partial charge in [0.05, 0.1) is 7.11 Å². The molecule has 5 heteroatoms. The lowest BCUT2D eigenvalue weighted by Crippen LogP contribution is -1.97. The Bertz CT molecular complexity index is 494. The van der Waals surface area contributed by atoms with Crippen molar-refractivity contribution in [3.8, 4) is 5.75 Å². The van der Waals surface area contributed by atoms with Crippen molar-refractivity contribution >= 4 is 31.9 Å². The molecular weight excluding hydrogens is 348 g/mol. The van der Waals surface area contributed by atoms with E-state index in [2.05, 4.69) is 41.8 Å². The Kier molecular flexibility index (Phi) is 4.12. The fraction of sp³-hybridized carbons (Fsp3) is 0.167. The molecule has 0 aliphatic heterocycles. The lowest BCUT2D eigenvalue weighted by molar-refractivity contribution is 0.414. The molecule has 0 atom stereocenters. The molecule has 0 spiro atoms. The van der Waals surface area contributed by atoms with Crippen LogP contribution in [0.2, 0.25) is 0 Å². The Morgan fingerprint density at radius 1 is 1.06 bits per heavy atom. The molecule has 0 aliphatic carbocycles. The van der Waals surface area contributed by atoms with Crippen molar-refractivity contribution in [3.05, 3.63) is 50.9 Å². The molecule has 0 fully saturated rings. The first-order chi connectivity index (χ1) is 8.17. The van der Waals surface area contributed by atoms with Gasteiger partial charge < -0.3 is 4.74 Å². The van der Waals surface area contributed by atoms with Crippen molar-refractivity contribution < 1.29 is 4.74 Å². The zero-order valence-corrected chi connectivity index (χ0v) is 12.3. The van der Waals surface area contributed by atoms with Crippen molar-refractivity contribution in [2.75, 3.05) is 7.11 Å². The molecule has 0 unspecified atom stereocenters. The van der Waals surface area contributed by atoms with Crippen LogP contribution in [0, 0.1) is 0 Å². The van der Waals surface area contributed by atoms with Crippen molar-refractivity contribution in [1.82, 2.24) is 9.97 Å². The van der Waals surface area contributed by atoms with Gasteiger partial charge in [-0.2, -0.15) is 0 Å². The largest absolute Gasteiger partial charge is 0.497 e. The van der Waals surface area contributed by atoms with Gasteiger partial charge in [0.2, 0.25) is 0 Å². The van der Waals surface area contributed by atoms with Gasteiger partial charge >= 0.3 is 0 Å². The molecular formula is C12H10Br2N2O. The molecule has 1 aromatic carbocycles. The van der Waals surface area contributed by atoms with Crippen molar-refractivity contribution in [2.24, 2.45) is 0 Å². The van der Waals surface area contributed by atoms with E-state index in [9.17, 15) is 0 Å². The second-order valence-electron chi connectivity index (χ2n) is 3.45. The lowest BCUT2D eigenvalue weighted by Gasteiger charge is -2.03. The fourth-order valence-corrected chi connectivity index (χ4v) is 2.59. The topological polar surface area (TPSA) is 35.0 Å². The van der Waals surface area contributed by atoms with Crippen LogP contribution < -0.4 is 4.74 Å². The second kappa shape index (κ2) is 5.60. The van der Waals surface area contributed by atoms with Crippen LogP contribution in [-0.4, -0.2) is 17.1 Å². The van der Waals surface area contributed by atoms with Gasteiger partial charge in [-0.05, 0) is 49.6 Å². The number of aromatic nitrogens is 2. The van der Waals surface area contributed by atoms with Crippen LogP contribution in [0.3, 0.4) is 0 Å². The minimum absolute atomic E-state index is 0.696. The van der Waals surface area contributed by atoms with Crippen LogP contribution in [0.5, 0.6) is 5.75 Å².